The lowest BCUT2D eigenvalue weighted by Crippen LogP contribution is -2.29. The van der Waals surface area contributed by atoms with Crippen LogP contribution in [0.25, 0.3) is 0 Å². The van der Waals surface area contributed by atoms with Crippen LogP contribution >= 0.6 is 0 Å². The van der Waals surface area contributed by atoms with E-state index in [0.717, 1.165) is 5.69 Å². The van der Waals surface area contributed by atoms with Gasteiger partial charge in [0.25, 0.3) is 0 Å². The molecule has 2 rings (SSSR count). The second-order valence-electron chi connectivity index (χ2n) is 4.67. The van der Waals surface area contributed by atoms with E-state index in [1.165, 1.54) is 0 Å². The Bertz CT molecular complexity index is 458. The molecule has 98 valence electrons. The third-order valence-corrected chi connectivity index (χ3v) is 2.54. The SMILES string of the molecule is CNCCC(=O)Nc1ccc2c(c1)OC(C)(C)O2. The molecule has 1 aromatic carbocycles. The van der Waals surface area contributed by atoms with E-state index in [0.29, 0.717) is 24.5 Å². The van der Waals surface area contributed by atoms with Crippen molar-refractivity contribution >= 4 is 11.6 Å². The van der Waals surface area contributed by atoms with Gasteiger partial charge in [0, 0.05) is 38.6 Å². The van der Waals surface area contributed by atoms with E-state index < -0.39 is 5.79 Å². The molecule has 1 aromatic rings. The minimum Gasteiger partial charge on any atom is -0.449 e. The number of rotatable bonds is 4. The summed E-state index contributed by atoms with van der Waals surface area (Å²) in [7, 11) is 1.82. The van der Waals surface area contributed by atoms with Gasteiger partial charge >= 0.3 is 0 Å². The van der Waals surface area contributed by atoms with Crippen LogP contribution in [0.1, 0.15) is 20.3 Å². The molecule has 0 aromatic heterocycles. The molecule has 0 radical (unpaired) electrons. The van der Waals surface area contributed by atoms with Gasteiger partial charge in [-0.2, -0.15) is 0 Å². The normalized spacial score (nSPS) is 15.5. The van der Waals surface area contributed by atoms with E-state index in [2.05, 4.69) is 10.6 Å². The minimum absolute atomic E-state index is 0.0255. The van der Waals surface area contributed by atoms with Gasteiger partial charge in [0.2, 0.25) is 11.7 Å². The Morgan fingerprint density at radius 1 is 1.28 bits per heavy atom. The lowest BCUT2D eigenvalue weighted by atomic mass is 10.2. The molecule has 0 unspecified atom stereocenters. The molecule has 0 aliphatic carbocycles. The summed E-state index contributed by atoms with van der Waals surface area (Å²) in [5, 5.41) is 5.75. The van der Waals surface area contributed by atoms with Gasteiger partial charge in [-0.25, -0.2) is 0 Å². The van der Waals surface area contributed by atoms with Crippen molar-refractivity contribution in [2.45, 2.75) is 26.1 Å². The summed E-state index contributed by atoms with van der Waals surface area (Å²) in [6.45, 7) is 4.35. The molecule has 0 saturated carbocycles. The molecule has 1 amide bonds. The Hall–Kier alpha value is -1.75. The second-order valence-corrected chi connectivity index (χ2v) is 4.67. The van der Waals surface area contributed by atoms with Gasteiger partial charge in [-0.05, 0) is 19.2 Å². The fourth-order valence-corrected chi connectivity index (χ4v) is 1.76. The van der Waals surface area contributed by atoms with Crippen LogP contribution < -0.4 is 20.1 Å². The molecule has 0 atom stereocenters. The lowest BCUT2D eigenvalue weighted by molar-refractivity contribution is -0.116. The van der Waals surface area contributed by atoms with Crippen LogP contribution in [-0.2, 0) is 4.79 Å². The van der Waals surface area contributed by atoms with Crippen LogP contribution in [0.3, 0.4) is 0 Å². The van der Waals surface area contributed by atoms with Crippen LogP contribution in [0, 0.1) is 0 Å². The minimum atomic E-state index is -0.642. The van der Waals surface area contributed by atoms with Gasteiger partial charge in [0.15, 0.2) is 11.5 Å². The number of anilines is 1. The predicted molar refractivity (Wildman–Crippen MR) is 69.0 cm³/mol. The van der Waals surface area contributed by atoms with Crippen molar-refractivity contribution in [1.29, 1.82) is 0 Å². The molecule has 0 fully saturated rings. The number of carbonyl (C=O) groups is 1. The van der Waals surface area contributed by atoms with E-state index >= 15 is 0 Å². The molecule has 5 nitrogen and oxygen atoms in total. The van der Waals surface area contributed by atoms with Crippen molar-refractivity contribution in [3.8, 4) is 11.5 Å². The summed E-state index contributed by atoms with van der Waals surface area (Å²) in [5.74, 6) is 0.694. The molecule has 0 bridgehead atoms. The van der Waals surface area contributed by atoms with Crippen LogP contribution in [-0.4, -0.2) is 25.3 Å². The van der Waals surface area contributed by atoms with Crippen molar-refractivity contribution in [3.63, 3.8) is 0 Å². The first-order valence-corrected chi connectivity index (χ1v) is 5.97. The van der Waals surface area contributed by atoms with E-state index in [-0.39, 0.29) is 5.91 Å². The Morgan fingerprint density at radius 3 is 2.72 bits per heavy atom. The highest BCUT2D eigenvalue weighted by Gasteiger charge is 2.31. The maximum atomic E-state index is 11.6. The highest BCUT2D eigenvalue weighted by Crippen LogP contribution is 2.40. The Kier molecular flexibility index (Phi) is 3.43. The first kappa shape index (κ1) is 12.7. The smallest absolute Gasteiger partial charge is 0.246 e. The first-order chi connectivity index (χ1) is 8.50. The number of carbonyl (C=O) groups excluding carboxylic acids is 1. The summed E-state index contributed by atoms with van der Waals surface area (Å²) in [4.78, 5) is 11.6. The summed E-state index contributed by atoms with van der Waals surface area (Å²) >= 11 is 0. The molecule has 18 heavy (non-hydrogen) atoms. The van der Waals surface area contributed by atoms with Gasteiger partial charge < -0.3 is 20.1 Å². The number of hydrogen-bond acceptors (Lipinski definition) is 4. The summed E-state index contributed by atoms with van der Waals surface area (Å²) in [5.41, 5.74) is 0.719. The highest BCUT2D eigenvalue weighted by molar-refractivity contribution is 5.91. The molecular formula is C13H18N2O3. The second kappa shape index (κ2) is 4.86. The van der Waals surface area contributed by atoms with E-state index in [1.54, 1.807) is 18.2 Å². The summed E-state index contributed by atoms with van der Waals surface area (Å²) < 4.78 is 11.2. The number of fused-ring (bicyclic) bond motifs is 1. The highest BCUT2D eigenvalue weighted by atomic mass is 16.7. The van der Waals surface area contributed by atoms with Crippen LogP contribution in [0.5, 0.6) is 11.5 Å². The van der Waals surface area contributed by atoms with E-state index in [9.17, 15) is 4.79 Å². The molecule has 2 N–H and O–H groups in total. The topological polar surface area (TPSA) is 59.6 Å². The standard InChI is InChI=1S/C13H18N2O3/c1-13(2)17-10-5-4-9(8-11(10)18-13)15-12(16)6-7-14-3/h4-5,8,14H,6-7H2,1-3H3,(H,15,16). The molecule has 0 spiro atoms. The number of ether oxygens (including phenoxy) is 2. The average molecular weight is 250 g/mol. The number of benzene rings is 1. The van der Waals surface area contributed by atoms with Gasteiger partial charge in [0.05, 0.1) is 0 Å². The maximum Gasteiger partial charge on any atom is 0.246 e. The van der Waals surface area contributed by atoms with Crippen molar-refractivity contribution < 1.29 is 14.3 Å². The Balaban J connectivity index is 2.03. The van der Waals surface area contributed by atoms with Gasteiger partial charge in [-0.3, -0.25) is 4.79 Å². The maximum absolute atomic E-state index is 11.6. The largest absolute Gasteiger partial charge is 0.449 e. The van der Waals surface area contributed by atoms with Crippen molar-refractivity contribution in [2.75, 3.05) is 18.9 Å². The zero-order valence-electron chi connectivity index (χ0n) is 10.9. The van der Waals surface area contributed by atoms with Crippen molar-refractivity contribution in [2.24, 2.45) is 0 Å². The molecular weight excluding hydrogens is 232 g/mol. The Labute approximate surface area is 106 Å². The quantitative estimate of drug-likeness (QED) is 0.854. The fraction of sp³-hybridized carbons (Fsp3) is 0.462. The van der Waals surface area contributed by atoms with E-state index in [1.807, 2.05) is 20.9 Å². The zero-order chi connectivity index (χ0) is 13.2. The molecule has 1 heterocycles. The van der Waals surface area contributed by atoms with Crippen molar-refractivity contribution in [1.82, 2.24) is 5.32 Å². The predicted octanol–water partition coefficient (Wildman–Crippen LogP) is 1.74. The molecule has 5 heteroatoms. The van der Waals surface area contributed by atoms with E-state index in [4.69, 9.17) is 9.47 Å². The zero-order valence-corrected chi connectivity index (χ0v) is 10.9. The monoisotopic (exact) mass is 250 g/mol. The lowest BCUT2D eigenvalue weighted by Gasteiger charge is -2.16. The Morgan fingerprint density at radius 2 is 2.00 bits per heavy atom. The average Bonchev–Trinajstić information content (AvgIpc) is 2.59. The number of hydrogen-bond donors (Lipinski definition) is 2. The third-order valence-electron chi connectivity index (χ3n) is 2.54. The first-order valence-electron chi connectivity index (χ1n) is 5.97. The third kappa shape index (κ3) is 2.92. The summed E-state index contributed by atoms with van der Waals surface area (Å²) in [6, 6.07) is 5.39. The molecule has 0 saturated heterocycles. The fourth-order valence-electron chi connectivity index (χ4n) is 1.76. The number of amides is 1. The number of nitrogens with one attached hydrogen (secondary N) is 2. The molecule has 1 aliphatic heterocycles. The van der Waals surface area contributed by atoms with Crippen molar-refractivity contribution in [3.05, 3.63) is 18.2 Å². The van der Waals surface area contributed by atoms with Gasteiger partial charge in [0.1, 0.15) is 0 Å². The van der Waals surface area contributed by atoms with Crippen LogP contribution in [0.2, 0.25) is 0 Å². The summed E-state index contributed by atoms with van der Waals surface area (Å²) in [6.07, 6.45) is 0.441. The van der Waals surface area contributed by atoms with Crippen LogP contribution in [0.15, 0.2) is 18.2 Å². The molecule has 1 aliphatic rings. The van der Waals surface area contributed by atoms with Gasteiger partial charge in [-0.15, -0.1) is 0 Å². The van der Waals surface area contributed by atoms with Gasteiger partial charge in [-0.1, -0.05) is 0 Å². The van der Waals surface area contributed by atoms with Crippen LogP contribution in [0.4, 0.5) is 5.69 Å².